The average molecular weight is 237 g/mol. The number of hydrogen-bond donors (Lipinski definition) is 1. The molecule has 5 heteroatoms. The van der Waals surface area contributed by atoms with Crippen molar-refractivity contribution in [1.82, 2.24) is 4.90 Å². The molecule has 0 aromatic heterocycles. The number of carbonyl (C=O) groups is 1. The molecule has 1 amide bonds. The van der Waals surface area contributed by atoms with E-state index in [1.165, 1.54) is 0 Å². The zero-order chi connectivity index (χ0) is 10.7. The highest BCUT2D eigenvalue weighted by atomic mass is 35.5. The molecule has 0 radical (unpaired) electrons. The SMILES string of the molecule is CC(N)CC(=O)N1C(C)COCC1C.Cl. The van der Waals surface area contributed by atoms with Crippen LogP contribution in [-0.4, -0.2) is 42.1 Å². The van der Waals surface area contributed by atoms with Crippen LogP contribution in [0.5, 0.6) is 0 Å². The molecule has 3 unspecified atom stereocenters. The standard InChI is InChI=1S/C10H20N2O2.ClH/c1-7(11)4-10(13)12-8(2)5-14-6-9(12)3;/h7-9H,4-6,11H2,1-3H3;1H. The van der Waals surface area contributed by atoms with Crippen molar-refractivity contribution in [2.75, 3.05) is 13.2 Å². The van der Waals surface area contributed by atoms with Crippen LogP contribution in [0.2, 0.25) is 0 Å². The first-order valence-corrected chi connectivity index (χ1v) is 5.17. The Morgan fingerprint density at radius 2 is 1.93 bits per heavy atom. The van der Waals surface area contributed by atoms with Gasteiger partial charge in [-0.25, -0.2) is 0 Å². The predicted octanol–water partition coefficient (Wildman–Crippen LogP) is 0.781. The van der Waals surface area contributed by atoms with E-state index in [4.69, 9.17) is 10.5 Å². The number of nitrogens with two attached hydrogens (primary N) is 1. The van der Waals surface area contributed by atoms with E-state index in [2.05, 4.69) is 0 Å². The van der Waals surface area contributed by atoms with Crippen molar-refractivity contribution in [1.29, 1.82) is 0 Å². The Kier molecular flexibility index (Phi) is 6.17. The Balaban J connectivity index is 0.00000196. The zero-order valence-electron chi connectivity index (χ0n) is 9.60. The molecule has 4 nitrogen and oxygen atoms in total. The maximum atomic E-state index is 11.8. The third kappa shape index (κ3) is 3.97. The summed E-state index contributed by atoms with van der Waals surface area (Å²) < 4.78 is 5.35. The molecule has 3 atom stereocenters. The minimum Gasteiger partial charge on any atom is -0.377 e. The first-order chi connectivity index (χ1) is 6.52. The number of ether oxygens (including phenoxy) is 1. The summed E-state index contributed by atoms with van der Waals surface area (Å²) >= 11 is 0. The second kappa shape index (κ2) is 6.30. The maximum absolute atomic E-state index is 11.8. The number of amides is 1. The molecular formula is C10H21ClN2O2. The summed E-state index contributed by atoms with van der Waals surface area (Å²) in [6, 6.07) is 0.278. The lowest BCUT2D eigenvalue weighted by Gasteiger charge is -2.39. The molecule has 0 aromatic carbocycles. The lowest BCUT2D eigenvalue weighted by molar-refractivity contribution is -0.144. The second-order valence-electron chi connectivity index (χ2n) is 4.22. The quantitative estimate of drug-likeness (QED) is 0.771. The number of carbonyl (C=O) groups excluding carboxylic acids is 1. The summed E-state index contributed by atoms with van der Waals surface area (Å²) in [5.41, 5.74) is 5.61. The summed E-state index contributed by atoms with van der Waals surface area (Å²) in [4.78, 5) is 13.7. The highest BCUT2D eigenvalue weighted by molar-refractivity contribution is 5.85. The van der Waals surface area contributed by atoms with Crippen LogP contribution >= 0.6 is 12.4 Å². The molecule has 0 aromatic rings. The van der Waals surface area contributed by atoms with Gasteiger partial charge in [-0.05, 0) is 20.8 Å². The molecule has 1 aliphatic heterocycles. The number of morpholine rings is 1. The molecule has 1 heterocycles. The average Bonchev–Trinajstić information content (AvgIpc) is 2.01. The number of hydrogen-bond acceptors (Lipinski definition) is 3. The van der Waals surface area contributed by atoms with E-state index in [1.54, 1.807) is 0 Å². The van der Waals surface area contributed by atoms with E-state index >= 15 is 0 Å². The van der Waals surface area contributed by atoms with Crippen LogP contribution in [0.3, 0.4) is 0 Å². The van der Waals surface area contributed by atoms with E-state index < -0.39 is 0 Å². The van der Waals surface area contributed by atoms with Gasteiger partial charge in [-0.3, -0.25) is 4.79 Å². The van der Waals surface area contributed by atoms with Gasteiger partial charge >= 0.3 is 0 Å². The molecule has 1 rings (SSSR count). The van der Waals surface area contributed by atoms with E-state index in [9.17, 15) is 4.79 Å². The van der Waals surface area contributed by atoms with Crippen LogP contribution in [0.15, 0.2) is 0 Å². The number of halogens is 1. The third-order valence-corrected chi connectivity index (χ3v) is 2.45. The Morgan fingerprint density at radius 1 is 1.47 bits per heavy atom. The van der Waals surface area contributed by atoms with E-state index in [0.717, 1.165) is 0 Å². The minimum atomic E-state index is -0.0651. The van der Waals surface area contributed by atoms with Crippen molar-refractivity contribution in [2.45, 2.75) is 45.3 Å². The fraction of sp³-hybridized carbons (Fsp3) is 0.900. The molecule has 0 bridgehead atoms. The third-order valence-electron chi connectivity index (χ3n) is 2.45. The van der Waals surface area contributed by atoms with Gasteiger partial charge in [0.05, 0.1) is 25.3 Å². The summed E-state index contributed by atoms with van der Waals surface area (Å²) in [5.74, 6) is 0.142. The number of rotatable bonds is 2. The lowest BCUT2D eigenvalue weighted by atomic mass is 10.1. The normalized spacial score (nSPS) is 28.1. The fourth-order valence-corrected chi connectivity index (χ4v) is 1.88. The first kappa shape index (κ1) is 14.7. The van der Waals surface area contributed by atoms with Gasteiger partial charge in [0, 0.05) is 12.5 Å². The second-order valence-corrected chi connectivity index (χ2v) is 4.22. The van der Waals surface area contributed by atoms with Crippen molar-refractivity contribution in [3.05, 3.63) is 0 Å². The van der Waals surface area contributed by atoms with Gasteiger partial charge in [-0.15, -0.1) is 12.4 Å². The molecular weight excluding hydrogens is 216 g/mol. The first-order valence-electron chi connectivity index (χ1n) is 5.17. The summed E-state index contributed by atoms with van der Waals surface area (Å²) in [7, 11) is 0. The Hall–Kier alpha value is -0.320. The number of nitrogens with zero attached hydrogens (tertiary/aromatic N) is 1. The molecule has 0 spiro atoms. The van der Waals surface area contributed by atoms with Crippen LogP contribution in [0, 0.1) is 0 Å². The smallest absolute Gasteiger partial charge is 0.224 e. The summed E-state index contributed by atoms with van der Waals surface area (Å²) in [6.07, 6.45) is 0.425. The van der Waals surface area contributed by atoms with Crippen molar-refractivity contribution < 1.29 is 9.53 Å². The Bertz CT molecular complexity index is 202. The molecule has 1 fully saturated rings. The highest BCUT2D eigenvalue weighted by Gasteiger charge is 2.29. The highest BCUT2D eigenvalue weighted by Crippen LogP contribution is 2.14. The van der Waals surface area contributed by atoms with Gasteiger partial charge in [0.25, 0.3) is 0 Å². The van der Waals surface area contributed by atoms with Gasteiger partial charge in [0.1, 0.15) is 0 Å². The van der Waals surface area contributed by atoms with Crippen molar-refractivity contribution >= 4 is 18.3 Å². The molecule has 90 valence electrons. The predicted molar refractivity (Wildman–Crippen MR) is 62.1 cm³/mol. The van der Waals surface area contributed by atoms with E-state index in [-0.39, 0.29) is 36.4 Å². The van der Waals surface area contributed by atoms with Gasteiger partial charge in [0.15, 0.2) is 0 Å². The Morgan fingerprint density at radius 3 is 2.33 bits per heavy atom. The lowest BCUT2D eigenvalue weighted by Crippen LogP contribution is -2.53. The molecule has 2 N–H and O–H groups in total. The van der Waals surface area contributed by atoms with Gasteiger partial charge in [-0.2, -0.15) is 0 Å². The van der Waals surface area contributed by atoms with Crippen LogP contribution < -0.4 is 5.73 Å². The van der Waals surface area contributed by atoms with Gasteiger partial charge in [-0.1, -0.05) is 0 Å². The summed E-state index contributed by atoms with van der Waals surface area (Å²) in [6.45, 7) is 7.14. The zero-order valence-corrected chi connectivity index (χ0v) is 10.4. The molecule has 0 aliphatic carbocycles. The van der Waals surface area contributed by atoms with Crippen molar-refractivity contribution in [3.8, 4) is 0 Å². The molecule has 1 saturated heterocycles. The van der Waals surface area contributed by atoms with E-state index in [0.29, 0.717) is 19.6 Å². The van der Waals surface area contributed by atoms with Gasteiger partial charge in [0.2, 0.25) is 5.91 Å². The van der Waals surface area contributed by atoms with Crippen molar-refractivity contribution in [2.24, 2.45) is 5.73 Å². The van der Waals surface area contributed by atoms with Crippen LogP contribution in [-0.2, 0) is 9.53 Å². The van der Waals surface area contributed by atoms with Crippen LogP contribution in [0.4, 0.5) is 0 Å². The van der Waals surface area contributed by atoms with Gasteiger partial charge < -0.3 is 15.4 Å². The minimum absolute atomic E-state index is 0. The van der Waals surface area contributed by atoms with Crippen LogP contribution in [0.1, 0.15) is 27.2 Å². The van der Waals surface area contributed by atoms with Crippen molar-refractivity contribution in [3.63, 3.8) is 0 Å². The van der Waals surface area contributed by atoms with E-state index in [1.807, 2.05) is 25.7 Å². The molecule has 0 saturated carbocycles. The molecule has 1 aliphatic rings. The molecule has 15 heavy (non-hydrogen) atoms. The largest absolute Gasteiger partial charge is 0.377 e. The Labute approximate surface area is 97.5 Å². The topological polar surface area (TPSA) is 55.6 Å². The monoisotopic (exact) mass is 236 g/mol. The van der Waals surface area contributed by atoms with Crippen LogP contribution in [0.25, 0.3) is 0 Å². The summed E-state index contributed by atoms with van der Waals surface area (Å²) in [5, 5.41) is 0. The maximum Gasteiger partial charge on any atom is 0.224 e. The fourth-order valence-electron chi connectivity index (χ4n) is 1.88.